The van der Waals surface area contributed by atoms with Crippen LogP contribution in [-0.4, -0.2) is 23.8 Å². The number of hydrogen-bond acceptors (Lipinski definition) is 4. The third-order valence-electron chi connectivity index (χ3n) is 5.76. The molecule has 3 aromatic rings. The molecule has 0 radical (unpaired) electrons. The number of rotatable bonds is 6. The predicted molar refractivity (Wildman–Crippen MR) is 126 cm³/mol. The van der Waals surface area contributed by atoms with Gasteiger partial charge in [0.1, 0.15) is 11.4 Å². The lowest BCUT2D eigenvalue weighted by molar-refractivity contribution is -0.137. The number of amides is 2. The van der Waals surface area contributed by atoms with Gasteiger partial charge in [0.15, 0.2) is 0 Å². The Bertz CT molecular complexity index is 1230. The summed E-state index contributed by atoms with van der Waals surface area (Å²) in [6, 6.07) is 21.0. The second-order valence-corrected chi connectivity index (χ2v) is 8.06. The topological polar surface area (TPSA) is 58.6 Å². The molecule has 32 heavy (non-hydrogen) atoms. The molecule has 1 N–H and O–H groups in total. The minimum Gasteiger partial charge on any atom is -0.495 e. The smallest absolute Gasteiger partial charge is 0.278 e. The van der Waals surface area contributed by atoms with Gasteiger partial charge in [-0.1, -0.05) is 54.6 Å². The van der Waals surface area contributed by atoms with Crippen LogP contribution in [0.1, 0.15) is 27.8 Å². The molecule has 162 valence electrons. The molecule has 0 aliphatic carbocycles. The van der Waals surface area contributed by atoms with Gasteiger partial charge in [-0.3, -0.25) is 14.5 Å². The Hall–Kier alpha value is -3.86. The third kappa shape index (κ3) is 4.02. The van der Waals surface area contributed by atoms with Gasteiger partial charge in [0.2, 0.25) is 0 Å². The number of aryl methyl sites for hydroxylation is 3. The molecule has 0 aromatic heterocycles. The van der Waals surface area contributed by atoms with Crippen LogP contribution in [0.3, 0.4) is 0 Å². The van der Waals surface area contributed by atoms with E-state index < -0.39 is 0 Å². The van der Waals surface area contributed by atoms with Gasteiger partial charge >= 0.3 is 0 Å². The first kappa shape index (κ1) is 21.4. The van der Waals surface area contributed by atoms with E-state index in [1.165, 1.54) is 4.90 Å². The summed E-state index contributed by atoms with van der Waals surface area (Å²) in [7, 11) is 1.58. The fourth-order valence-electron chi connectivity index (χ4n) is 3.82. The van der Waals surface area contributed by atoms with Crippen molar-refractivity contribution in [1.29, 1.82) is 0 Å². The van der Waals surface area contributed by atoms with Gasteiger partial charge in [-0.05, 0) is 60.7 Å². The van der Waals surface area contributed by atoms with E-state index in [0.717, 1.165) is 27.8 Å². The minimum absolute atomic E-state index is 0.211. The molecule has 1 aliphatic rings. The minimum atomic E-state index is -0.351. The Morgan fingerprint density at radius 3 is 2.28 bits per heavy atom. The van der Waals surface area contributed by atoms with Gasteiger partial charge in [0, 0.05) is 0 Å². The highest BCUT2D eigenvalue weighted by molar-refractivity contribution is 6.36. The second kappa shape index (κ2) is 8.71. The molecule has 5 heteroatoms. The summed E-state index contributed by atoms with van der Waals surface area (Å²) >= 11 is 0. The van der Waals surface area contributed by atoms with Crippen molar-refractivity contribution in [2.45, 2.75) is 27.3 Å². The number of hydrogen-bond donors (Lipinski definition) is 1. The molecule has 0 atom stereocenters. The number of nitrogens with one attached hydrogen (secondary N) is 1. The van der Waals surface area contributed by atoms with Crippen molar-refractivity contribution in [1.82, 2.24) is 4.90 Å². The maximum absolute atomic E-state index is 13.5. The van der Waals surface area contributed by atoms with Crippen molar-refractivity contribution in [3.63, 3.8) is 0 Å². The quantitative estimate of drug-likeness (QED) is 0.563. The van der Waals surface area contributed by atoms with Crippen LogP contribution in [0.2, 0.25) is 0 Å². The first-order valence-electron chi connectivity index (χ1n) is 10.5. The zero-order chi connectivity index (χ0) is 22.8. The highest BCUT2D eigenvalue weighted by atomic mass is 16.5. The first-order valence-corrected chi connectivity index (χ1v) is 10.5. The Balaban J connectivity index is 1.81. The van der Waals surface area contributed by atoms with Crippen LogP contribution in [0.15, 0.2) is 72.4 Å². The second-order valence-electron chi connectivity index (χ2n) is 8.06. The highest BCUT2D eigenvalue weighted by Gasteiger charge is 2.39. The Kier molecular flexibility index (Phi) is 5.82. The summed E-state index contributed by atoms with van der Waals surface area (Å²) in [6.45, 7) is 6.20. The molecule has 2 amide bonds. The average molecular weight is 427 g/mol. The standard InChI is InChI=1S/C27H26N2O3/c1-17-10-13-23(32-4)22(14-17)28-25-24(21-12-11-18(2)19(3)15-21)26(30)29(27(25)31)16-20-8-6-5-7-9-20/h5-15,28H,16H2,1-4H3. The number of ether oxygens (including phenoxy) is 1. The fraction of sp³-hybridized carbons (Fsp3) is 0.185. The number of carbonyl (C=O) groups excluding carboxylic acids is 2. The summed E-state index contributed by atoms with van der Waals surface area (Å²) in [4.78, 5) is 28.3. The van der Waals surface area contributed by atoms with Crippen LogP contribution in [0, 0.1) is 20.8 Å². The van der Waals surface area contributed by atoms with Crippen molar-refractivity contribution in [2.75, 3.05) is 12.4 Å². The number of anilines is 1. The van der Waals surface area contributed by atoms with Gasteiger partial charge in [0.25, 0.3) is 11.8 Å². The number of carbonyl (C=O) groups is 2. The Morgan fingerprint density at radius 2 is 1.59 bits per heavy atom. The van der Waals surface area contributed by atoms with Gasteiger partial charge < -0.3 is 10.1 Å². The van der Waals surface area contributed by atoms with Crippen LogP contribution in [0.4, 0.5) is 5.69 Å². The lowest BCUT2D eigenvalue weighted by Crippen LogP contribution is -2.32. The highest BCUT2D eigenvalue weighted by Crippen LogP contribution is 2.35. The Morgan fingerprint density at radius 1 is 0.844 bits per heavy atom. The van der Waals surface area contributed by atoms with Crippen LogP contribution >= 0.6 is 0 Å². The summed E-state index contributed by atoms with van der Waals surface area (Å²) in [5.74, 6) is -0.0591. The SMILES string of the molecule is COc1ccc(C)cc1NC1=C(c2ccc(C)c(C)c2)C(=O)N(Cc2ccccc2)C1=O. The summed E-state index contributed by atoms with van der Waals surface area (Å²) in [5, 5.41) is 3.22. The largest absolute Gasteiger partial charge is 0.495 e. The number of nitrogens with zero attached hydrogens (tertiary/aromatic N) is 1. The van der Waals surface area contributed by atoms with Crippen molar-refractivity contribution in [2.24, 2.45) is 0 Å². The first-order chi connectivity index (χ1) is 15.4. The molecule has 1 aliphatic heterocycles. The lowest BCUT2D eigenvalue weighted by Gasteiger charge is -2.16. The van der Waals surface area contributed by atoms with Crippen LogP contribution in [-0.2, 0) is 16.1 Å². The van der Waals surface area contributed by atoms with E-state index in [2.05, 4.69) is 5.32 Å². The molecule has 1 heterocycles. The van der Waals surface area contributed by atoms with Crippen molar-refractivity contribution in [3.8, 4) is 5.75 Å². The van der Waals surface area contributed by atoms with Gasteiger partial charge in [0.05, 0.1) is 24.9 Å². The van der Waals surface area contributed by atoms with Crippen LogP contribution < -0.4 is 10.1 Å². The van der Waals surface area contributed by atoms with E-state index in [1.807, 2.05) is 87.5 Å². The Labute approximate surface area is 188 Å². The van der Waals surface area contributed by atoms with E-state index >= 15 is 0 Å². The molecular formula is C27H26N2O3. The number of benzene rings is 3. The molecule has 0 spiro atoms. The van der Waals surface area contributed by atoms with E-state index in [1.54, 1.807) is 7.11 Å². The lowest BCUT2D eigenvalue weighted by atomic mass is 9.99. The fourth-order valence-corrected chi connectivity index (χ4v) is 3.82. The molecule has 0 fully saturated rings. The van der Waals surface area contributed by atoms with E-state index in [-0.39, 0.29) is 24.1 Å². The molecule has 0 saturated heterocycles. The molecule has 3 aromatic carbocycles. The van der Waals surface area contributed by atoms with Gasteiger partial charge in [-0.15, -0.1) is 0 Å². The molecule has 5 nitrogen and oxygen atoms in total. The maximum atomic E-state index is 13.5. The van der Waals surface area contributed by atoms with Gasteiger partial charge in [-0.25, -0.2) is 0 Å². The predicted octanol–water partition coefficient (Wildman–Crippen LogP) is 5.01. The number of methoxy groups -OCH3 is 1. The zero-order valence-corrected chi connectivity index (χ0v) is 18.7. The summed E-state index contributed by atoms with van der Waals surface area (Å²) in [6.07, 6.45) is 0. The zero-order valence-electron chi connectivity index (χ0n) is 18.7. The van der Waals surface area contributed by atoms with Crippen molar-refractivity contribution >= 4 is 23.1 Å². The van der Waals surface area contributed by atoms with Gasteiger partial charge in [-0.2, -0.15) is 0 Å². The molecule has 0 saturated carbocycles. The van der Waals surface area contributed by atoms with Crippen molar-refractivity contribution in [3.05, 3.63) is 100 Å². The third-order valence-corrected chi connectivity index (χ3v) is 5.76. The number of imide groups is 1. The molecule has 4 rings (SSSR count). The van der Waals surface area contributed by atoms with Crippen LogP contribution in [0.5, 0.6) is 5.75 Å². The average Bonchev–Trinajstić information content (AvgIpc) is 3.01. The van der Waals surface area contributed by atoms with E-state index in [0.29, 0.717) is 17.0 Å². The molecule has 0 unspecified atom stereocenters. The maximum Gasteiger partial charge on any atom is 0.278 e. The van der Waals surface area contributed by atoms with E-state index in [4.69, 9.17) is 4.74 Å². The van der Waals surface area contributed by atoms with Crippen LogP contribution in [0.25, 0.3) is 5.57 Å². The molecular weight excluding hydrogens is 400 g/mol. The summed E-state index contributed by atoms with van der Waals surface area (Å²) in [5.41, 5.74) is 6.09. The summed E-state index contributed by atoms with van der Waals surface area (Å²) < 4.78 is 5.48. The molecule has 0 bridgehead atoms. The van der Waals surface area contributed by atoms with E-state index in [9.17, 15) is 9.59 Å². The van der Waals surface area contributed by atoms with Crippen molar-refractivity contribution < 1.29 is 14.3 Å². The monoisotopic (exact) mass is 426 g/mol. The normalized spacial score (nSPS) is 13.7.